The maximum Gasteiger partial charge on any atom is 0.219 e. The Labute approximate surface area is 66.8 Å². The predicted octanol–water partition coefficient (Wildman–Crippen LogP) is 0.994. The van der Waals surface area contributed by atoms with Gasteiger partial charge in [0.25, 0.3) is 0 Å². The van der Waals surface area contributed by atoms with Gasteiger partial charge in [0.1, 0.15) is 0 Å². The summed E-state index contributed by atoms with van der Waals surface area (Å²) in [6.45, 7) is 0. The van der Waals surface area contributed by atoms with Gasteiger partial charge in [0.15, 0.2) is 0 Å². The molecule has 0 aliphatic heterocycles. The molecule has 0 fully saturated rings. The molecular weight excluding hydrogens is 229 g/mol. The molecule has 0 amide bonds. The molecular formula is C5H6IN3. The molecule has 9 heavy (non-hydrogen) atoms. The third-order valence-corrected chi connectivity index (χ3v) is 1.76. The molecule has 0 aliphatic rings. The van der Waals surface area contributed by atoms with Gasteiger partial charge in [-0.2, -0.15) is 0 Å². The highest BCUT2D eigenvalue weighted by Gasteiger charge is 1.88. The molecule has 1 heterocycles. The van der Waals surface area contributed by atoms with Gasteiger partial charge in [0.05, 0.1) is 0 Å². The Hall–Kier alpha value is -0.390. The van der Waals surface area contributed by atoms with Crippen LogP contribution in [0.1, 0.15) is 5.56 Å². The number of nitrogens with zero attached hydrogens (tertiary/aromatic N) is 2. The van der Waals surface area contributed by atoms with Crippen LogP contribution in [0.5, 0.6) is 0 Å². The number of alkyl halides is 1. The smallest absolute Gasteiger partial charge is 0.219 e. The quantitative estimate of drug-likeness (QED) is 0.583. The number of nitrogens with two attached hydrogens (primary N) is 1. The third-order valence-electron chi connectivity index (χ3n) is 0.880. The zero-order chi connectivity index (χ0) is 6.69. The number of nitrogen functional groups attached to an aromatic ring is 1. The predicted molar refractivity (Wildman–Crippen MR) is 44.2 cm³/mol. The number of aromatic nitrogens is 2. The van der Waals surface area contributed by atoms with Crippen LogP contribution in [-0.4, -0.2) is 9.97 Å². The summed E-state index contributed by atoms with van der Waals surface area (Å²) in [6.07, 6.45) is 3.46. The van der Waals surface area contributed by atoms with Gasteiger partial charge in [0.2, 0.25) is 5.95 Å². The van der Waals surface area contributed by atoms with Crippen LogP contribution in [0.4, 0.5) is 5.95 Å². The van der Waals surface area contributed by atoms with Crippen molar-refractivity contribution >= 4 is 28.5 Å². The highest BCUT2D eigenvalue weighted by molar-refractivity contribution is 14.1. The van der Waals surface area contributed by atoms with Crippen LogP contribution in [0, 0.1) is 0 Å². The van der Waals surface area contributed by atoms with E-state index in [1.807, 2.05) is 0 Å². The Morgan fingerprint density at radius 2 is 2.00 bits per heavy atom. The lowest BCUT2D eigenvalue weighted by atomic mass is 10.4. The van der Waals surface area contributed by atoms with E-state index in [9.17, 15) is 0 Å². The van der Waals surface area contributed by atoms with E-state index in [1.54, 1.807) is 12.4 Å². The van der Waals surface area contributed by atoms with Crippen molar-refractivity contribution in [1.82, 2.24) is 9.97 Å². The van der Waals surface area contributed by atoms with Crippen molar-refractivity contribution in [2.75, 3.05) is 5.73 Å². The zero-order valence-corrected chi connectivity index (χ0v) is 6.87. The fourth-order valence-electron chi connectivity index (χ4n) is 0.434. The molecule has 0 bridgehead atoms. The van der Waals surface area contributed by atoms with Crippen LogP contribution in [0.2, 0.25) is 0 Å². The van der Waals surface area contributed by atoms with Gasteiger partial charge in [-0.05, 0) is 5.56 Å². The Kier molecular flexibility index (Phi) is 2.21. The fraction of sp³-hybridized carbons (Fsp3) is 0.200. The lowest BCUT2D eigenvalue weighted by Crippen LogP contribution is -1.93. The Bertz CT molecular complexity index is 184. The second-order valence-electron chi connectivity index (χ2n) is 1.58. The number of halogens is 1. The molecule has 0 saturated heterocycles. The molecule has 3 nitrogen and oxygen atoms in total. The van der Waals surface area contributed by atoms with Gasteiger partial charge in [0, 0.05) is 16.8 Å². The summed E-state index contributed by atoms with van der Waals surface area (Å²) in [4.78, 5) is 7.62. The van der Waals surface area contributed by atoms with Crippen molar-refractivity contribution < 1.29 is 0 Å². The van der Waals surface area contributed by atoms with Gasteiger partial charge in [-0.15, -0.1) is 0 Å². The Morgan fingerprint density at radius 1 is 1.44 bits per heavy atom. The Balaban J connectivity index is 2.88. The minimum Gasteiger partial charge on any atom is -0.368 e. The first-order chi connectivity index (χ1) is 4.33. The molecule has 0 unspecified atom stereocenters. The summed E-state index contributed by atoms with van der Waals surface area (Å²) in [6, 6.07) is 0. The van der Waals surface area contributed by atoms with Crippen LogP contribution >= 0.6 is 22.6 Å². The largest absolute Gasteiger partial charge is 0.368 e. The van der Waals surface area contributed by atoms with Crippen LogP contribution in [-0.2, 0) is 4.43 Å². The molecule has 0 aromatic carbocycles. The summed E-state index contributed by atoms with van der Waals surface area (Å²) < 4.78 is 0.929. The third kappa shape index (κ3) is 1.78. The maximum absolute atomic E-state index is 5.26. The van der Waals surface area contributed by atoms with Crippen molar-refractivity contribution in [2.45, 2.75) is 4.43 Å². The van der Waals surface area contributed by atoms with Crippen molar-refractivity contribution in [3.05, 3.63) is 18.0 Å². The van der Waals surface area contributed by atoms with E-state index in [0.29, 0.717) is 5.95 Å². The van der Waals surface area contributed by atoms with Crippen molar-refractivity contribution in [3.63, 3.8) is 0 Å². The minimum absolute atomic E-state index is 0.337. The molecule has 4 heteroatoms. The van der Waals surface area contributed by atoms with E-state index in [4.69, 9.17) is 5.73 Å². The second kappa shape index (κ2) is 2.95. The topological polar surface area (TPSA) is 51.8 Å². The van der Waals surface area contributed by atoms with Crippen molar-refractivity contribution in [3.8, 4) is 0 Å². The average Bonchev–Trinajstić information content (AvgIpc) is 1.90. The van der Waals surface area contributed by atoms with Crippen molar-refractivity contribution in [2.24, 2.45) is 0 Å². The average molecular weight is 235 g/mol. The standard InChI is InChI=1S/C5H6IN3/c6-1-4-2-8-5(7)9-3-4/h2-3H,1H2,(H2,7,8,9). The fourth-order valence-corrected chi connectivity index (χ4v) is 0.828. The lowest BCUT2D eigenvalue weighted by Gasteiger charge is -1.91. The van der Waals surface area contributed by atoms with E-state index in [-0.39, 0.29) is 0 Å². The van der Waals surface area contributed by atoms with E-state index >= 15 is 0 Å². The van der Waals surface area contributed by atoms with Crippen LogP contribution < -0.4 is 5.73 Å². The summed E-state index contributed by atoms with van der Waals surface area (Å²) >= 11 is 2.24. The van der Waals surface area contributed by atoms with Gasteiger partial charge in [-0.25, -0.2) is 9.97 Å². The van der Waals surface area contributed by atoms with Crippen LogP contribution in [0.25, 0.3) is 0 Å². The van der Waals surface area contributed by atoms with E-state index in [0.717, 1.165) is 9.99 Å². The molecule has 0 aliphatic carbocycles. The molecule has 0 saturated carbocycles. The van der Waals surface area contributed by atoms with Crippen LogP contribution in [0.15, 0.2) is 12.4 Å². The number of anilines is 1. The van der Waals surface area contributed by atoms with Crippen LogP contribution in [0.3, 0.4) is 0 Å². The van der Waals surface area contributed by atoms with Crippen molar-refractivity contribution in [1.29, 1.82) is 0 Å². The minimum atomic E-state index is 0.337. The number of rotatable bonds is 1. The molecule has 0 radical (unpaired) electrons. The summed E-state index contributed by atoms with van der Waals surface area (Å²) in [5, 5.41) is 0. The van der Waals surface area contributed by atoms with Gasteiger partial charge < -0.3 is 5.73 Å². The van der Waals surface area contributed by atoms with Gasteiger partial charge >= 0.3 is 0 Å². The molecule has 0 atom stereocenters. The molecule has 1 aromatic rings. The highest BCUT2D eigenvalue weighted by Crippen LogP contribution is 2.01. The summed E-state index contributed by atoms with van der Waals surface area (Å²) in [7, 11) is 0. The highest BCUT2D eigenvalue weighted by atomic mass is 127. The first-order valence-electron chi connectivity index (χ1n) is 2.45. The summed E-state index contributed by atoms with van der Waals surface area (Å²) in [5.74, 6) is 0.337. The lowest BCUT2D eigenvalue weighted by molar-refractivity contribution is 1.14. The Morgan fingerprint density at radius 3 is 2.44 bits per heavy atom. The molecule has 0 spiro atoms. The first-order valence-corrected chi connectivity index (χ1v) is 3.98. The number of hydrogen-bond acceptors (Lipinski definition) is 3. The molecule has 1 aromatic heterocycles. The molecule has 1 rings (SSSR count). The second-order valence-corrected chi connectivity index (χ2v) is 2.35. The van der Waals surface area contributed by atoms with Gasteiger partial charge in [-0.3, -0.25) is 0 Å². The van der Waals surface area contributed by atoms with E-state index in [1.165, 1.54) is 0 Å². The molecule has 48 valence electrons. The zero-order valence-electron chi connectivity index (χ0n) is 4.71. The first kappa shape index (κ1) is 6.73. The van der Waals surface area contributed by atoms with E-state index < -0.39 is 0 Å². The number of hydrogen-bond donors (Lipinski definition) is 1. The monoisotopic (exact) mass is 235 g/mol. The normalized spacial score (nSPS) is 9.44. The maximum atomic E-state index is 5.26. The van der Waals surface area contributed by atoms with E-state index in [2.05, 4.69) is 32.6 Å². The summed E-state index contributed by atoms with van der Waals surface area (Å²) in [5.41, 5.74) is 6.36. The SMILES string of the molecule is Nc1ncc(CI)cn1. The van der Waals surface area contributed by atoms with Gasteiger partial charge in [-0.1, -0.05) is 22.6 Å². The molecule has 2 N–H and O–H groups in total.